The predicted octanol–water partition coefficient (Wildman–Crippen LogP) is 3.62. The summed E-state index contributed by atoms with van der Waals surface area (Å²) < 4.78 is 19.2. The Morgan fingerprint density at radius 3 is 2.54 bits per heavy atom. The number of nitrogens with zero attached hydrogens (tertiary/aromatic N) is 1. The molecule has 1 heterocycles. The standard InChI is InChI=1S/C19H20FNO3/c1-21-17(10-11-18(21)19(22)23)13-6-8-15(9-7-13)24-12-14-4-2-3-5-16(14)20/h2-9,17-18H,10-12H2,1H3,(H,22,23)/t17?,18-/m0/s1. The molecule has 2 aromatic rings. The lowest BCUT2D eigenvalue weighted by molar-refractivity contribution is -0.142. The highest BCUT2D eigenvalue weighted by Gasteiger charge is 2.35. The van der Waals surface area contributed by atoms with E-state index in [-0.39, 0.29) is 18.5 Å². The van der Waals surface area contributed by atoms with Gasteiger partial charge in [0.2, 0.25) is 0 Å². The molecule has 1 aliphatic heterocycles. The zero-order chi connectivity index (χ0) is 17.1. The molecule has 2 aromatic carbocycles. The Bertz CT molecular complexity index is 717. The molecule has 0 radical (unpaired) electrons. The van der Waals surface area contributed by atoms with Gasteiger partial charge < -0.3 is 9.84 Å². The summed E-state index contributed by atoms with van der Waals surface area (Å²) in [6.07, 6.45) is 1.48. The predicted molar refractivity (Wildman–Crippen MR) is 88.3 cm³/mol. The Balaban J connectivity index is 1.64. The number of carbonyl (C=O) groups is 1. The van der Waals surface area contributed by atoms with Crippen molar-refractivity contribution in [1.82, 2.24) is 4.90 Å². The molecule has 0 aliphatic carbocycles. The fourth-order valence-electron chi connectivity index (χ4n) is 3.20. The molecule has 24 heavy (non-hydrogen) atoms. The number of carboxylic acids is 1. The van der Waals surface area contributed by atoms with E-state index in [0.717, 1.165) is 12.0 Å². The first kappa shape index (κ1) is 16.5. The van der Waals surface area contributed by atoms with E-state index in [9.17, 15) is 14.3 Å². The summed E-state index contributed by atoms with van der Waals surface area (Å²) in [7, 11) is 1.85. The molecule has 4 nitrogen and oxygen atoms in total. The normalized spacial score (nSPS) is 20.9. The fourth-order valence-corrected chi connectivity index (χ4v) is 3.20. The third kappa shape index (κ3) is 3.41. The van der Waals surface area contributed by atoms with Gasteiger partial charge in [0.15, 0.2) is 0 Å². The van der Waals surface area contributed by atoms with Gasteiger partial charge in [-0.15, -0.1) is 0 Å². The van der Waals surface area contributed by atoms with E-state index in [1.807, 2.05) is 36.2 Å². The summed E-state index contributed by atoms with van der Waals surface area (Å²) in [5, 5.41) is 9.20. The molecule has 3 rings (SSSR count). The molecular formula is C19H20FNO3. The molecule has 1 saturated heterocycles. The number of ether oxygens (including phenoxy) is 1. The van der Waals surface area contributed by atoms with E-state index in [0.29, 0.717) is 17.7 Å². The largest absolute Gasteiger partial charge is 0.489 e. The molecule has 0 spiro atoms. The Kier molecular flexibility index (Phi) is 4.81. The van der Waals surface area contributed by atoms with Crippen LogP contribution in [0.25, 0.3) is 0 Å². The van der Waals surface area contributed by atoms with E-state index >= 15 is 0 Å². The zero-order valence-corrected chi connectivity index (χ0v) is 13.5. The van der Waals surface area contributed by atoms with E-state index in [1.54, 1.807) is 18.2 Å². The molecule has 1 aliphatic rings. The molecule has 0 bridgehead atoms. The van der Waals surface area contributed by atoms with Crippen LogP contribution in [0.15, 0.2) is 48.5 Å². The van der Waals surface area contributed by atoms with Gasteiger partial charge in [-0.25, -0.2) is 4.39 Å². The van der Waals surface area contributed by atoms with Crippen molar-refractivity contribution in [2.24, 2.45) is 0 Å². The first-order chi connectivity index (χ1) is 11.6. The van der Waals surface area contributed by atoms with Crippen molar-refractivity contribution in [1.29, 1.82) is 0 Å². The fraction of sp³-hybridized carbons (Fsp3) is 0.316. The minimum absolute atomic E-state index is 0.103. The van der Waals surface area contributed by atoms with E-state index in [2.05, 4.69) is 0 Å². The lowest BCUT2D eigenvalue weighted by Gasteiger charge is -2.23. The Morgan fingerprint density at radius 1 is 1.21 bits per heavy atom. The Labute approximate surface area is 140 Å². The maximum Gasteiger partial charge on any atom is 0.320 e. The van der Waals surface area contributed by atoms with Crippen LogP contribution >= 0.6 is 0 Å². The molecule has 0 aromatic heterocycles. The molecule has 2 atom stereocenters. The average Bonchev–Trinajstić information content (AvgIpc) is 2.96. The minimum atomic E-state index is -0.773. The summed E-state index contributed by atoms with van der Waals surface area (Å²) >= 11 is 0. The van der Waals surface area contributed by atoms with Gasteiger partial charge in [0.05, 0.1) is 0 Å². The molecule has 1 fully saturated rings. The summed E-state index contributed by atoms with van der Waals surface area (Å²) in [5.41, 5.74) is 1.58. The average molecular weight is 329 g/mol. The molecule has 1 unspecified atom stereocenters. The van der Waals surface area contributed by atoms with Crippen LogP contribution in [0.5, 0.6) is 5.75 Å². The number of carboxylic acid groups (broad SMARTS) is 1. The zero-order valence-electron chi connectivity index (χ0n) is 13.5. The quantitative estimate of drug-likeness (QED) is 0.910. The number of aliphatic carboxylic acids is 1. The van der Waals surface area contributed by atoms with Crippen molar-refractivity contribution in [3.63, 3.8) is 0 Å². The number of benzene rings is 2. The maximum absolute atomic E-state index is 13.6. The number of likely N-dealkylation sites (N-methyl/N-ethyl adjacent to an activating group) is 1. The summed E-state index contributed by atoms with van der Waals surface area (Å²) in [6, 6.07) is 13.8. The van der Waals surface area contributed by atoms with Crippen LogP contribution in [0.1, 0.15) is 30.0 Å². The number of rotatable bonds is 5. The Morgan fingerprint density at radius 2 is 1.92 bits per heavy atom. The first-order valence-electron chi connectivity index (χ1n) is 7.97. The number of hydrogen-bond acceptors (Lipinski definition) is 3. The maximum atomic E-state index is 13.6. The topological polar surface area (TPSA) is 49.8 Å². The number of hydrogen-bond donors (Lipinski definition) is 1. The molecule has 0 amide bonds. The number of halogens is 1. The lowest BCUT2D eigenvalue weighted by atomic mass is 10.0. The summed E-state index contributed by atoms with van der Waals surface area (Å²) in [5.74, 6) is -0.385. The third-order valence-corrected chi connectivity index (χ3v) is 4.60. The summed E-state index contributed by atoms with van der Waals surface area (Å²) in [4.78, 5) is 13.1. The second kappa shape index (κ2) is 7.01. The molecule has 5 heteroatoms. The van der Waals surface area contributed by atoms with Crippen LogP contribution in [-0.4, -0.2) is 29.1 Å². The van der Waals surface area contributed by atoms with Gasteiger partial charge in [-0.1, -0.05) is 30.3 Å². The smallest absolute Gasteiger partial charge is 0.320 e. The highest BCUT2D eigenvalue weighted by Crippen LogP contribution is 2.35. The van der Waals surface area contributed by atoms with E-state index in [1.165, 1.54) is 6.07 Å². The van der Waals surface area contributed by atoms with Gasteiger partial charge >= 0.3 is 5.97 Å². The summed E-state index contributed by atoms with van der Waals surface area (Å²) in [6.45, 7) is 0.177. The van der Waals surface area contributed by atoms with Crippen LogP contribution in [0.2, 0.25) is 0 Å². The first-order valence-corrected chi connectivity index (χ1v) is 7.97. The highest BCUT2D eigenvalue weighted by atomic mass is 19.1. The van der Waals surface area contributed by atoms with Gasteiger partial charge in [-0.2, -0.15) is 0 Å². The number of likely N-dealkylation sites (tertiary alicyclic amines) is 1. The van der Waals surface area contributed by atoms with Crippen LogP contribution in [0.3, 0.4) is 0 Å². The van der Waals surface area contributed by atoms with Crippen molar-refractivity contribution in [2.75, 3.05) is 7.05 Å². The van der Waals surface area contributed by atoms with Gasteiger partial charge in [-0.05, 0) is 43.7 Å². The SMILES string of the molecule is CN1C(c2ccc(OCc3ccccc3F)cc2)CC[C@H]1C(=O)O. The van der Waals surface area contributed by atoms with Crippen molar-refractivity contribution in [2.45, 2.75) is 31.5 Å². The van der Waals surface area contributed by atoms with Crippen molar-refractivity contribution in [3.8, 4) is 5.75 Å². The second-order valence-corrected chi connectivity index (χ2v) is 6.06. The van der Waals surface area contributed by atoms with Crippen molar-refractivity contribution >= 4 is 5.97 Å². The van der Waals surface area contributed by atoms with Crippen LogP contribution in [0.4, 0.5) is 4.39 Å². The van der Waals surface area contributed by atoms with E-state index < -0.39 is 12.0 Å². The van der Waals surface area contributed by atoms with Gasteiger partial charge in [-0.3, -0.25) is 9.69 Å². The van der Waals surface area contributed by atoms with Crippen molar-refractivity contribution in [3.05, 3.63) is 65.5 Å². The lowest BCUT2D eigenvalue weighted by Crippen LogP contribution is -2.34. The molecular weight excluding hydrogens is 309 g/mol. The van der Waals surface area contributed by atoms with Gasteiger partial charge in [0, 0.05) is 11.6 Å². The third-order valence-electron chi connectivity index (χ3n) is 4.60. The molecule has 0 saturated carbocycles. The van der Waals surface area contributed by atoms with Gasteiger partial charge in [0.1, 0.15) is 24.2 Å². The Hall–Kier alpha value is -2.40. The van der Waals surface area contributed by atoms with Crippen molar-refractivity contribution < 1.29 is 19.0 Å². The monoisotopic (exact) mass is 329 g/mol. The van der Waals surface area contributed by atoms with Crippen LogP contribution in [0, 0.1) is 5.82 Å². The highest BCUT2D eigenvalue weighted by molar-refractivity contribution is 5.74. The second-order valence-electron chi connectivity index (χ2n) is 6.06. The van der Waals surface area contributed by atoms with Crippen LogP contribution < -0.4 is 4.74 Å². The molecule has 1 N–H and O–H groups in total. The van der Waals surface area contributed by atoms with Gasteiger partial charge in [0.25, 0.3) is 0 Å². The molecule has 126 valence electrons. The van der Waals surface area contributed by atoms with E-state index in [4.69, 9.17) is 4.74 Å². The van der Waals surface area contributed by atoms with Crippen LogP contribution in [-0.2, 0) is 11.4 Å². The minimum Gasteiger partial charge on any atom is -0.489 e.